The lowest BCUT2D eigenvalue weighted by atomic mass is 10.1. The smallest absolute Gasteiger partial charge is 0.134 e. The largest absolute Gasteiger partial charge is 0.389 e. The van der Waals surface area contributed by atoms with Gasteiger partial charge in [-0.15, -0.1) is 0 Å². The predicted octanol–water partition coefficient (Wildman–Crippen LogP) is 2.76. The lowest BCUT2D eigenvalue weighted by Crippen LogP contribution is -2.13. The first kappa shape index (κ1) is 12.7. The Morgan fingerprint density at radius 1 is 1.33 bits per heavy atom. The molecule has 0 aliphatic heterocycles. The first-order valence-corrected chi connectivity index (χ1v) is 5.80. The van der Waals surface area contributed by atoms with Crippen molar-refractivity contribution in [1.82, 2.24) is 4.98 Å². The topological polar surface area (TPSA) is 64.9 Å². The van der Waals surface area contributed by atoms with Gasteiger partial charge >= 0.3 is 0 Å². The predicted molar refractivity (Wildman–Crippen MR) is 74.9 cm³/mol. The first-order chi connectivity index (χ1) is 8.50. The van der Waals surface area contributed by atoms with Gasteiger partial charge in [-0.2, -0.15) is 0 Å². The van der Waals surface area contributed by atoms with E-state index in [9.17, 15) is 4.39 Å². The van der Waals surface area contributed by atoms with Crippen LogP contribution in [0.1, 0.15) is 5.56 Å². The van der Waals surface area contributed by atoms with Crippen molar-refractivity contribution in [3.8, 4) is 11.3 Å². The number of hydrogen-bond acceptors (Lipinski definition) is 3. The average molecular weight is 282 g/mol. The number of benzene rings is 1. The number of aromatic nitrogens is 1. The molecule has 0 fully saturated rings. The maximum atomic E-state index is 13.7. The standard InChI is InChI=1S/C12H9ClFN3S/c13-8-5-7(12(16)18)11(15)17-10(8)6-3-1-2-4-9(6)14/h1-5H,(H2,15,17)(H2,16,18). The fourth-order valence-electron chi connectivity index (χ4n) is 1.54. The zero-order valence-corrected chi connectivity index (χ0v) is 10.7. The second-order valence-corrected chi connectivity index (χ2v) is 4.44. The highest BCUT2D eigenvalue weighted by molar-refractivity contribution is 7.80. The van der Waals surface area contributed by atoms with Crippen LogP contribution < -0.4 is 11.5 Å². The molecule has 0 spiro atoms. The molecule has 0 aliphatic carbocycles. The number of rotatable bonds is 2. The third-order valence-electron chi connectivity index (χ3n) is 2.40. The molecular weight excluding hydrogens is 273 g/mol. The van der Waals surface area contributed by atoms with Gasteiger partial charge in [-0.25, -0.2) is 9.37 Å². The number of pyridine rings is 1. The molecular formula is C12H9ClFN3S. The van der Waals surface area contributed by atoms with Gasteiger partial charge in [0, 0.05) is 5.56 Å². The van der Waals surface area contributed by atoms with Crippen LogP contribution in [-0.2, 0) is 0 Å². The Balaban J connectivity index is 2.64. The Labute approximate surface area is 114 Å². The second-order valence-electron chi connectivity index (χ2n) is 3.60. The molecule has 0 radical (unpaired) electrons. The summed E-state index contributed by atoms with van der Waals surface area (Å²) in [6, 6.07) is 7.66. The molecule has 92 valence electrons. The van der Waals surface area contributed by atoms with Gasteiger partial charge in [0.25, 0.3) is 0 Å². The van der Waals surface area contributed by atoms with E-state index in [4.69, 9.17) is 35.3 Å². The van der Waals surface area contributed by atoms with E-state index in [1.807, 2.05) is 0 Å². The summed E-state index contributed by atoms with van der Waals surface area (Å²) in [5, 5.41) is 0.247. The number of nitrogen functional groups attached to an aromatic ring is 1. The molecule has 0 amide bonds. The molecule has 0 saturated heterocycles. The van der Waals surface area contributed by atoms with Crippen LogP contribution in [-0.4, -0.2) is 9.97 Å². The molecule has 1 heterocycles. The third kappa shape index (κ3) is 2.27. The monoisotopic (exact) mass is 281 g/mol. The molecule has 6 heteroatoms. The normalized spacial score (nSPS) is 10.3. The summed E-state index contributed by atoms with van der Waals surface area (Å²) < 4.78 is 13.7. The van der Waals surface area contributed by atoms with Crippen molar-refractivity contribution in [1.29, 1.82) is 0 Å². The van der Waals surface area contributed by atoms with E-state index in [1.54, 1.807) is 18.2 Å². The third-order valence-corrected chi connectivity index (χ3v) is 2.91. The highest BCUT2D eigenvalue weighted by Crippen LogP contribution is 2.30. The molecule has 0 bridgehead atoms. The molecule has 3 nitrogen and oxygen atoms in total. The molecule has 2 rings (SSSR count). The maximum absolute atomic E-state index is 13.7. The van der Waals surface area contributed by atoms with E-state index in [2.05, 4.69) is 4.98 Å². The van der Waals surface area contributed by atoms with Crippen molar-refractivity contribution in [2.75, 3.05) is 5.73 Å². The summed E-state index contributed by atoms with van der Waals surface area (Å²) in [5.41, 5.74) is 12.1. The van der Waals surface area contributed by atoms with E-state index in [0.717, 1.165) is 0 Å². The molecule has 0 unspecified atom stereocenters. The van der Waals surface area contributed by atoms with Crippen LogP contribution in [0.3, 0.4) is 0 Å². The quantitative estimate of drug-likeness (QED) is 0.831. The molecule has 1 aromatic heterocycles. The van der Waals surface area contributed by atoms with Gasteiger partial charge in [-0.3, -0.25) is 0 Å². The van der Waals surface area contributed by atoms with Gasteiger partial charge < -0.3 is 11.5 Å². The number of halogens is 2. The molecule has 0 aliphatic rings. The van der Waals surface area contributed by atoms with Crippen molar-refractivity contribution in [3.05, 3.63) is 46.7 Å². The number of nitrogens with two attached hydrogens (primary N) is 2. The van der Waals surface area contributed by atoms with Gasteiger partial charge in [-0.1, -0.05) is 36.0 Å². The van der Waals surface area contributed by atoms with Crippen LogP contribution in [0.4, 0.5) is 10.2 Å². The minimum absolute atomic E-state index is 0.0991. The Bertz CT molecular complexity index is 631. The molecule has 4 N–H and O–H groups in total. The summed E-state index contributed by atoms with van der Waals surface area (Å²) in [6.45, 7) is 0. The first-order valence-electron chi connectivity index (χ1n) is 5.01. The van der Waals surface area contributed by atoms with Gasteiger partial charge in [0.1, 0.15) is 16.6 Å². The zero-order chi connectivity index (χ0) is 13.3. The summed E-state index contributed by atoms with van der Waals surface area (Å²) in [6.07, 6.45) is 0. The van der Waals surface area contributed by atoms with Gasteiger partial charge in [-0.05, 0) is 18.2 Å². The van der Waals surface area contributed by atoms with E-state index in [1.165, 1.54) is 12.1 Å². The van der Waals surface area contributed by atoms with Crippen LogP contribution in [0, 0.1) is 5.82 Å². The highest BCUT2D eigenvalue weighted by atomic mass is 35.5. The van der Waals surface area contributed by atoms with Crippen molar-refractivity contribution < 1.29 is 4.39 Å². The Morgan fingerprint density at radius 3 is 2.61 bits per heavy atom. The SMILES string of the molecule is NC(=S)c1cc(Cl)c(-c2ccccc2F)nc1N. The molecule has 0 saturated carbocycles. The molecule has 18 heavy (non-hydrogen) atoms. The van der Waals surface area contributed by atoms with E-state index < -0.39 is 5.82 Å². The minimum Gasteiger partial charge on any atom is -0.389 e. The number of anilines is 1. The van der Waals surface area contributed by atoms with Gasteiger partial charge in [0.2, 0.25) is 0 Å². The highest BCUT2D eigenvalue weighted by Gasteiger charge is 2.14. The van der Waals surface area contributed by atoms with Crippen molar-refractivity contribution in [3.63, 3.8) is 0 Å². The summed E-state index contributed by atoms with van der Waals surface area (Å²) in [5.74, 6) is -0.292. The Kier molecular flexibility index (Phi) is 3.45. The van der Waals surface area contributed by atoms with Crippen LogP contribution in [0.2, 0.25) is 5.02 Å². The Hall–Kier alpha value is -1.72. The van der Waals surface area contributed by atoms with E-state index in [0.29, 0.717) is 5.56 Å². The number of hydrogen-bond donors (Lipinski definition) is 2. The van der Waals surface area contributed by atoms with Gasteiger partial charge in [0.15, 0.2) is 0 Å². The minimum atomic E-state index is -0.422. The molecule has 1 aromatic carbocycles. The molecule has 2 aromatic rings. The molecule has 0 atom stereocenters. The van der Waals surface area contributed by atoms with Crippen LogP contribution in [0.5, 0.6) is 0 Å². The van der Waals surface area contributed by atoms with Crippen LogP contribution in [0.25, 0.3) is 11.3 Å². The van der Waals surface area contributed by atoms with E-state index in [-0.39, 0.29) is 27.1 Å². The number of thiocarbonyl (C=S) groups is 1. The van der Waals surface area contributed by atoms with E-state index >= 15 is 0 Å². The zero-order valence-electron chi connectivity index (χ0n) is 9.15. The second kappa shape index (κ2) is 4.88. The van der Waals surface area contributed by atoms with Gasteiger partial charge in [0.05, 0.1) is 16.3 Å². The van der Waals surface area contributed by atoms with Crippen molar-refractivity contribution in [2.45, 2.75) is 0 Å². The lowest BCUT2D eigenvalue weighted by Gasteiger charge is -2.09. The Morgan fingerprint density at radius 2 is 2.00 bits per heavy atom. The lowest BCUT2D eigenvalue weighted by molar-refractivity contribution is 0.631. The fraction of sp³-hybridized carbons (Fsp3) is 0. The fourth-order valence-corrected chi connectivity index (χ4v) is 1.96. The number of nitrogens with zero attached hydrogens (tertiary/aromatic N) is 1. The average Bonchev–Trinajstić information content (AvgIpc) is 2.32. The van der Waals surface area contributed by atoms with Crippen LogP contribution in [0.15, 0.2) is 30.3 Å². The van der Waals surface area contributed by atoms with Crippen molar-refractivity contribution >= 4 is 34.6 Å². The van der Waals surface area contributed by atoms with Crippen molar-refractivity contribution in [2.24, 2.45) is 5.73 Å². The maximum Gasteiger partial charge on any atom is 0.134 e. The summed E-state index contributed by atoms with van der Waals surface area (Å²) in [7, 11) is 0. The summed E-state index contributed by atoms with van der Waals surface area (Å²) in [4.78, 5) is 4.16. The van der Waals surface area contributed by atoms with Crippen LogP contribution >= 0.6 is 23.8 Å². The summed E-state index contributed by atoms with van der Waals surface area (Å²) >= 11 is 10.9.